The molecule has 2 heterocycles. The highest BCUT2D eigenvalue weighted by atomic mass is 19.1. The van der Waals surface area contributed by atoms with Crippen molar-refractivity contribution in [3.8, 4) is 17.2 Å². The van der Waals surface area contributed by atoms with Crippen LogP contribution in [0.2, 0.25) is 0 Å². The Morgan fingerprint density at radius 3 is 2.48 bits per heavy atom. The molecule has 0 bridgehead atoms. The van der Waals surface area contributed by atoms with Crippen LogP contribution in [0.15, 0.2) is 79.3 Å². The predicted molar refractivity (Wildman–Crippen MR) is 114 cm³/mol. The van der Waals surface area contributed by atoms with E-state index in [1.165, 1.54) is 30.6 Å². The van der Waals surface area contributed by atoms with Gasteiger partial charge in [0.25, 0.3) is 5.91 Å². The number of nitrogens with zero attached hydrogens (tertiary/aromatic N) is 4. The number of carbonyl (C=O) groups excluding carboxylic acids is 1. The lowest BCUT2D eigenvalue weighted by Crippen LogP contribution is -2.15. The van der Waals surface area contributed by atoms with E-state index in [2.05, 4.69) is 25.6 Å². The minimum Gasteiger partial charge on any atom is -0.324 e. The number of benzene rings is 2. The van der Waals surface area contributed by atoms with E-state index < -0.39 is 5.91 Å². The van der Waals surface area contributed by atoms with Crippen molar-refractivity contribution in [2.45, 2.75) is 0 Å². The standard InChI is InChI=1S/C23H15FN6O/c24-17-5-3-16(4-6-17)19-9-11-26-14-21(19)29-22(31)20-10-12-27-23(30-20)28-18-7-1-15(13-25)2-8-18/h1-12,14H,(H,29,31)(H,27,28,30). The van der Waals surface area contributed by atoms with E-state index >= 15 is 0 Å². The van der Waals surface area contributed by atoms with E-state index in [0.29, 0.717) is 22.5 Å². The molecule has 0 spiro atoms. The van der Waals surface area contributed by atoms with Crippen LogP contribution in [0.4, 0.5) is 21.7 Å². The third-order valence-corrected chi connectivity index (χ3v) is 4.38. The molecule has 2 aromatic carbocycles. The number of halogens is 1. The van der Waals surface area contributed by atoms with Crippen LogP contribution in [0.5, 0.6) is 0 Å². The van der Waals surface area contributed by atoms with Gasteiger partial charge < -0.3 is 10.6 Å². The van der Waals surface area contributed by atoms with Gasteiger partial charge in [-0.1, -0.05) is 12.1 Å². The first-order chi connectivity index (χ1) is 15.1. The zero-order valence-corrected chi connectivity index (χ0v) is 16.1. The van der Waals surface area contributed by atoms with Crippen LogP contribution in [-0.2, 0) is 0 Å². The topological polar surface area (TPSA) is 104 Å². The Morgan fingerprint density at radius 2 is 1.74 bits per heavy atom. The second-order valence-corrected chi connectivity index (χ2v) is 6.46. The van der Waals surface area contributed by atoms with Gasteiger partial charge in [0.15, 0.2) is 0 Å². The molecule has 2 aromatic heterocycles. The molecule has 2 N–H and O–H groups in total. The molecule has 0 aliphatic carbocycles. The Kier molecular flexibility index (Phi) is 5.58. The number of hydrogen-bond donors (Lipinski definition) is 2. The Morgan fingerprint density at radius 1 is 0.968 bits per heavy atom. The monoisotopic (exact) mass is 410 g/mol. The fourth-order valence-electron chi connectivity index (χ4n) is 2.86. The van der Waals surface area contributed by atoms with Crippen molar-refractivity contribution >= 4 is 23.2 Å². The Bertz CT molecular complexity index is 1270. The number of pyridine rings is 1. The number of rotatable bonds is 5. The molecule has 31 heavy (non-hydrogen) atoms. The molecule has 0 unspecified atom stereocenters. The molecule has 0 saturated heterocycles. The summed E-state index contributed by atoms with van der Waals surface area (Å²) in [4.78, 5) is 25.2. The summed E-state index contributed by atoms with van der Waals surface area (Å²) >= 11 is 0. The largest absolute Gasteiger partial charge is 0.324 e. The average Bonchev–Trinajstić information content (AvgIpc) is 2.81. The van der Waals surface area contributed by atoms with Crippen LogP contribution >= 0.6 is 0 Å². The van der Waals surface area contributed by atoms with Gasteiger partial charge in [0.05, 0.1) is 23.5 Å². The van der Waals surface area contributed by atoms with Gasteiger partial charge in [-0.2, -0.15) is 5.26 Å². The molecule has 0 radical (unpaired) electrons. The Hall–Kier alpha value is -4.64. The highest BCUT2D eigenvalue weighted by Gasteiger charge is 2.13. The van der Waals surface area contributed by atoms with Crippen molar-refractivity contribution in [1.29, 1.82) is 5.26 Å². The van der Waals surface area contributed by atoms with E-state index in [1.807, 2.05) is 6.07 Å². The van der Waals surface area contributed by atoms with E-state index in [-0.39, 0.29) is 17.5 Å². The van der Waals surface area contributed by atoms with Crippen LogP contribution in [0.1, 0.15) is 16.1 Å². The molecule has 4 rings (SSSR count). The van der Waals surface area contributed by atoms with Crippen molar-refractivity contribution in [2.75, 3.05) is 10.6 Å². The smallest absolute Gasteiger partial charge is 0.274 e. The zero-order chi connectivity index (χ0) is 21.6. The summed E-state index contributed by atoms with van der Waals surface area (Å²) in [6.07, 6.45) is 4.59. The summed E-state index contributed by atoms with van der Waals surface area (Å²) in [6, 6.07) is 18.0. The third-order valence-electron chi connectivity index (χ3n) is 4.38. The Labute approximate surface area is 177 Å². The van der Waals surface area contributed by atoms with Gasteiger partial charge in [-0.15, -0.1) is 0 Å². The lowest BCUT2D eigenvalue weighted by atomic mass is 10.1. The normalized spacial score (nSPS) is 10.2. The SMILES string of the molecule is N#Cc1ccc(Nc2nccc(C(=O)Nc3cnccc3-c3ccc(F)cc3)n2)cc1. The lowest BCUT2D eigenvalue weighted by molar-refractivity contribution is 0.102. The number of anilines is 3. The van der Waals surface area contributed by atoms with Crippen LogP contribution in [0.25, 0.3) is 11.1 Å². The summed E-state index contributed by atoms with van der Waals surface area (Å²) in [5.41, 5.74) is 3.29. The number of amides is 1. The Balaban J connectivity index is 1.54. The molecular formula is C23H15FN6O. The highest BCUT2D eigenvalue weighted by molar-refractivity contribution is 6.05. The summed E-state index contributed by atoms with van der Waals surface area (Å²) in [6.45, 7) is 0. The maximum Gasteiger partial charge on any atom is 0.274 e. The molecular weight excluding hydrogens is 395 g/mol. The summed E-state index contributed by atoms with van der Waals surface area (Å²) < 4.78 is 13.2. The quantitative estimate of drug-likeness (QED) is 0.500. The van der Waals surface area contributed by atoms with Crippen molar-refractivity contribution in [1.82, 2.24) is 15.0 Å². The van der Waals surface area contributed by atoms with Gasteiger partial charge in [-0.05, 0) is 54.1 Å². The fraction of sp³-hybridized carbons (Fsp3) is 0. The molecule has 1 amide bonds. The lowest BCUT2D eigenvalue weighted by Gasteiger charge is -2.11. The van der Waals surface area contributed by atoms with Gasteiger partial charge >= 0.3 is 0 Å². The minimum absolute atomic E-state index is 0.153. The van der Waals surface area contributed by atoms with Gasteiger partial charge in [0.1, 0.15) is 11.5 Å². The summed E-state index contributed by atoms with van der Waals surface area (Å²) in [7, 11) is 0. The van der Waals surface area contributed by atoms with Gasteiger partial charge in [-0.25, -0.2) is 14.4 Å². The molecule has 0 aliphatic rings. The second kappa shape index (κ2) is 8.80. The van der Waals surface area contributed by atoms with Crippen molar-refractivity contribution < 1.29 is 9.18 Å². The first kappa shape index (κ1) is 19.7. The third kappa shape index (κ3) is 4.68. The first-order valence-corrected chi connectivity index (χ1v) is 9.24. The van der Waals surface area contributed by atoms with E-state index in [1.54, 1.807) is 48.7 Å². The molecule has 0 atom stereocenters. The maximum absolute atomic E-state index is 13.2. The average molecular weight is 410 g/mol. The van der Waals surface area contributed by atoms with Crippen molar-refractivity contribution in [3.05, 3.63) is 96.3 Å². The highest BCUT2D eigenvalue weighted by Crippen LogP contribution is 2.27. The molecule has 0 aliphatic heterocycles. The zero-order valence-electron chi connectivity index (χ0n) is 16.1. The maximum atomic E-state index is 13.2. The second-order valence-electron chi connectivity index (χ2n) is 6.46. The molecule has 150 valence electrons. The van der Waals surface area contributed by atoms with Crippen LogP contribution in [-0.4, -0.2) is 20.9 Å². The van der Waals surface area contributed by atoms with Gasteiger partial charge in [0.2, 0.25) is 5.95 Å². The van der Waals surface area contributed by atoms with Crippen molar-refractivity contribution in [3.63, 3.8) is 0 Å². The van der Waals surface area contributed by atoms with E-state index in [9.17, 15) is 9.18 Å². The van der Waals surface area contributed by atoms with Crippen molar-refractivity contribution in [2.24, 2.45) is 0 Å². The number of carbonyl (C=O) groups is 1. The molecule has 8 heteroatoms. The molecule has 4 aromatic rings. The van der Waals surface area contributed by atoms with Crippen LogP contribution in [0.3, 0.4) is 0 Å². The molecule has 7 nitrogen and oxygen atoms in total. The molecule has 0 saturated carbocycles. The fourth-order valence-corrected chi connectivity index (χ4v) is 2.86. The molecule has 0 fully saturated rings. The number of aromatic nitrogens is 3. The number of nitrogens with one attached hydrogen (secondary N) is 2. The van der Waals surface area contributed by atoms with Crippen LogP contribution in [0, 0.1) is 17.1 Å². The summed E-state index contributed by atoms with van der Waals surface area (Å²) in [5.74, 6) is -0.546. The number of nitriles is 1. The number of hydrogen-bond acceptors (Lipinski definition) is 6. The van der Waals surface area contributed by atoms with Gasteiger partial charge in [0, 0.05) is 23.6 Å². The van der Waals surface area contributed by atoms with Crippen LogP contribution < -0.4 is 10.6 Å². The van der Waals surface area contributed by atoms with Gasteiger partial charge in [-0.3, -0.25) is 9.78 Å². The van der Waals surface area contributed by atoms with E-state index in [0.717, 1.165) is 5.56 Å². The minimum atomic E-state index is -0.443. The predicted octanol–water partition coefficient (Wildman–Crippen LogP) is 4.55. The van der Waals surface area contributed by atoms with E-state index in [4.69, 9.17) is 5.26 Å². The summed E-state index contributed by atoms with van der Waals surface area (Å²) in [5, 5.41) is 14.7. The first-order valence-electron chi connectivity index (χ1n) is 9.24.